The number of rotatable bonds is 3. The van der Waals surface area contributed by atoms with Crippen molar-refractivity contribution >= 4 is 0 Å². The van der Waals surface area contributed by atoms with Gasteiger partial charge in [-0.05, 0) is 19.4 Å². The number of aryl methyl sites for hydroxylation is 1. The summed E-state index contributed by atoms with van der Waals surface area (Å²) >= 11 is 0. The van der Waals surface area contributed by atoms with Gasteiger partial charge in [-0.25, -0.2) is 0 Å². The zero-order valence-corrected chi connectivity index (χ0v) is 8.73. The van der Waals surface area contributed by atoms with E-state index in [1.807, 2.05) is 31.2 Å². The van der Waals surface area contributed by atoms with Gasteiger partial charge in [-0.15, -0.1) is 0 Å². The molecule has 4 heteroatoms. The Kier molecular flexibility index (Phi) is 3.74. The van der Waals surface area contributed by atoms with E-state index < -0.39 is 12.7 Å². The van der Waals surface area contributed by atoms with E-state index in [9.17, 15) is 13.2 Å². The van der Waals surface area contributed by atoms with Gasteiger partial charge in [-0.2, -0.15) is 13.2 Å². The fourth-order valence-corrected chi connectivity index (χ4v) is 1.24. The van der Waals surface area contributed by atoms with E-state index in [1.165, 1.54) is 0 Å². The van der Waals surface area contributed by atoms with Crippen molar-refractivity contribution in [1.29, 1.82) is 0 Å². The Bertz CT molecular complexity index is 303. The van der Waals surface area contributed by atoms with Crippen LogP contribution in [0.2, 0.25) is 0 Å². The van der Waals surface area contributed by atoms with Gasteiger partial charge in [0.25, 0.3) is 0 Å². The molecule has 0 spiro atoms. The minimum atomic E-state index is -4.15. The lowest BCUT2D eigenvalue weighted by atomic mass is 10.1. The molecule has 0 unspecified atom stereocenters. The Morgan fingerprint density at radius 1 is 1.20 bits per heavy atom. The van der Waals surface area contributed by atoms with E-state index in [-0.39, 0.29) is 6.04 Å². The first-order valence-corrected chi connectivity index (χ1v) is 4.75. The van der Waals surface area contributed by atoms with Crippen molar-refractivity contribution in [2.75, 3.05) is 6.54 Å². The van der Waals surface area contributed by atoms with Crippen molar-refractivity contribution in [3.63, 3.8) is 0 Å². The van der Waals surface area contributed by atoms with E-state index >= 15 is 0 Å². The van der Waals surface area contributed by atoms with Gasteiger partial charge in [0.15, 0.2) is 0 Å². The summed E-state index contributed by atoms with van der Waals surface area (Å²) in [7, 11) is 0. The molecule has 1 rings (SSSR count). The topological polar surface area (TPSA) is 12.0 Å². The van der Waals surface area contributed by atoms with Crippen LogP contribution in [0.25, 0.3) is 0 Å². The first-order valence-electron chi connectivity index (χ1n) is 4.75. The molecule has 1 aromatic carbocycles. The van der Waals surface area contributed by atoms with Crippen LogP contribution in [0.3, 0.4) is 0 Å². The van der Waals surface area contributed by atoms with Gasteiger partial charge >= 0.3 is 6.18 Å². The molecule has 0 aliphatic heterocycles. The number of benzene rings is 1. The normalized spacial score (nSPS) is 13.9. The van der Waals surface area contributed by atoms with Crippen molar-refractivity contribution in [3.8, 4) is 0 Å². The number of halogens is 3. The van der Waals surface area contributed by atoms with E-state index in [4.69, 9.17) is 0 Å². The monoisotopic (exact) mass is 217 g/mol. The standard InChI is InChI=1S/C11H14F3N/c1-8-3-5-10(6-4-8)9(2)15-7-11(12,13)14/h3-6,9,15H,7H2,1-2H3/t9-/m1/s1. The lowest BCUT2D eigenvalue weighted by molar-refractivity contribution is -0.126. The molecule has 0 saturated heterocycles. The largest absolute Gasteiger partial charge is 0.401 e. The zero-order chi connectivity index (χ0) is 11.5. The molecule has 1 aromatic rings. The van der Waals surface area contributed by atoms with Gasteiger partial charge in [-0.1, -0.05) is 29.8 Å². The number of alkyl halides is 3. The number of hydrogen-bond acceptors (Lipinski definition) is 1. The molecule has 0 amide bonds. The highest BCUT2D eigenvalue weighted by Crippen LogP contribution is 2.17. The molecule has 84 valence electrons. The van der Waals surface area contributed by atoms with Crippen molar-refractivity contribution < 1.29 is 13.2 Å². The van der Waals surface area contributed by atoms with E-state index in [0.29, 0.717) is 0 Å². The van der Waals surface area contributed by atoms with Crippen molar-refractivity contribution in [2.24, 2.45) is 0 Å². The van der Waals surface area contributed by atoms with Crippen LogP contribution in [0.4, 0.5) is 13.2 Å². The summed E-state index contributed by atoms with van der Waals surface area (Å²) in [6.45, 7) is 2.70. The second kappa shape index (κ2) is 4.66. The summed E-state index contributed by atoms with van der Waals surface area (Å²) in [6.07, 6.45) is -4.15. The third-order valence-electron chi connectivity index (χ3n) is 2.19. The highest BCUT2D eigenvalue weighted by atomic mass is 19.4. The molecule has 15 heavy (non-hydrogen) atoms. The smallest absolute Gasteiger partial charge is 0.302 e. The van der Waals surface area contributed by atoms with Crippen molar-refractivity contribution in [3.05, 3.63) is 35.4 Å². The van der Waals surface area contributed by atoms with Crippen LogP contribution < -0.4 is 5.32 Å². The van der Waals surface area contributed by atoms with Crippen LogP contribution in [0.15, 0.2) is 24.3 Å². The van der Waals surface area contributed by atoms with Crippen LogP contribution in [0.5, 0.6) is 0 Å². The third kappa shape index (κ3) is 4.34. The average molecular weight is 217 g/mol. The summed E-state index contributed by atoms with van der Waals surface area (Å²) in [5.74, 6) is 0. The van der Waals surface area contributed by atoms with E-state index in [1.54, 1.807) is 6.92 Å². The maximum atomic E-state index is 11.9. The molecular weight excluding hydrogens is 203 g/mol. The van der Waals surface area contributed by atoms with Crippen molar-refractivity contribution in [2.45, 2.75) is 26.1 Å². The molecule has 0 bridgehead atoms. The summed E-state index contributed by atoms with van der Waals surface area (Å²) in [4.78, 5) is 0. The van der Waals surface area contributed by atoms with Gasteiger partial charge in [-0.3, -0.25) is 0 Å². The lowest BCUT2D eigenvalue weighted by Crippen LogP contribution is -2.30. The zero-order valence-electron chi connectivity index (χ0n) is 8.73. The van der Waals surface area contributed by atoms with Crippen LogP contribution in [0, 0.1) is 6.92 Å². The Balaban J connectivity index is 2.54. The molecule has 0 aromatic heterocycles. The summed E-state index contributed by atoms with van der Waals surface area (Å²) < 4.78 is 35.8. The predicted octanol–water partition coefficient (Wildman–Crippen LogP) is 3.21. The minimum absolute atomic E-state index is 0.285. The van der Waals surface area contributed by atoms with Gasteiger partial charge in [0, 0.05) is 6.04 Å². The Hall–Kier alpha value is -1.03. The van der Waals surface area contributed by atoms with E-state index in [2.05, 4.69) is 5.32 Å². The van der Waals surface area contributed by atoms with Crippen molar-refractivity contribution in [1.82, 2.24) is 5.32 Å². The molecule has 1 atom stereocenters. The molecule has 0 radical (unpaired) electrons. The molecule has 0 aliphatic rings. The Labute approximate surface area is 87.3 Å². The SMILES string of the molecule is Cc1ccc([C@@H](C)NCC(F)(F)F)cc1. The number of hydrogen-bond donors (Lipinski definition) is 1. The van der Waals surface area contributed by atoms with Crippen LogP contribution in [-0.4, -0.2) is 12.7 Å². The third-order valence-corrected chi connectivity index (χ3v) is 2.19. The summed E-state index contributed by atoms with van der Waals surface area (Å²) in [6, 6.07) is 7.17. The first-order chi connectivity index (χ1) is 6.88. The summed E-state index contributed by atoms with van der Waals surface area (Å²) in [5, 5.41) is 2.43. The number of nitrogens with one attached hydrogen (secondary N) is 1. The molecule has 0 saturated carbocycles. The Morgan fingerprint density at radius 3 is 2.20 bits per heavy atom. The van der Waals surface area contributed by atoms with Gasteiger partial charge < -0.3 is 5.32 Å². The van der Waals surface area contributed by atoms with Crippen LogP contribution >= 0.6 is 0 Å². The molecule has 1 nitrogen and oxygen atoms in total. The van der Waals surface area contributed by atoms with Crippen LogP contribution in [-0.2, 0) is 0 Å². The molecule has 1 N–H and O–H groups in total. The highest BCUT2D eigenvalue weighted by molar-refractivity contribution is 5.23. The fourth-order valence-electron chi connectivity index (χ4n) is 1.24. The average Bonchev–Trinajstić information content (AvgIpc) is 2.14. The maximum Gasteiger partial charge on any atom is 0.401 e. The second-order valence-electron chi connectivity index (χ2n) is 3.63. The molecule has 0 aliphatic carbocycles. The van der Waals surface area contributed by atoms with Gasteiger partial charge in [0.1, 0.15) is 0 Å². The quantitative estimate of drug-likeness (QED) is 0.819. The second-order valence-corrected chi connectivity index (χ2v) is 3.63. The van der Waals surface area contributed by atoms with E-state index in [0.717, 1.165) is 11.1 Å². The minimum Gasteiger partial charge on any atom is -0.302 e. The van der Waals surface area contributed by atoms with Crippen LogP contribution in [0.1, 0.15) is 24.1 Å². The lowest BCUT2D eigenvalue weighted by Gasteiger charge is -2.15. The molecular formula is C11H14F3N. The molecule has 0 heterocycles. The van der Waals surface area contributed by atoms with Gasteiger partial charge in [0.05, 0.1) is 6.54 Å². The van der Waals surface area contributed by atoms with Gasteiger partial charge in [0.2, 0.25) is 0 Å². The maximum absolute atomic E-state index is 11.9. The molecule has 0 fully saturated rings. The predicted molar refractivity (Wildman–Crippen MR) is 53.7 cm³/mol. The first kappa shape index (κ1) is 12.0. The summed E-state index contributed by atoms with van der Waals surface area (Å²) in [5.41, 5.74) is 1.96. The fraction of sp³-hybridized carbons (Fsp3) is 0.455. The highest BCUT2D eigenvalue weighted by Gasteiger charge is 2.27. The Morgan fingerprint density at radius 2 is 1.73 bits per heavy atom.